The Kier molecular flexibility index (Phi) is 8.18. The molecule has 0 aliphatic heterocycles. The van der Waals surface area contributed by atoms with E-state index < -0.39 is 20.8 Å². The van der Waals surface area contributed by atoms with E-state index >= 15 is 0 Å². The van der Waals surface area contributed by atoms with Crippen LogP contribution in [0.3, 0.4) is 0 Å². The van der Waals surface area contributed by atoms with Gasteiger partial charge in [0.25, 0.3) is 0 Å². The summed E-state index contributed by atoms with van der Waals surface area (Å²) in [5.74, 6) is 14.5. The third kappa shape index (κ3) is 4.62. The van der Waals surface area contributed by atoms with Crippen LogP contribution < -0.4 is 0 Å². The van der Waals surface area contributed by atoms with E-state index in [1.807, 2.05) is 0 Å². The van der Waals surface area contributed by atoms with E-state index in [4.69, 9.17) is 17.0 Å². The van der Waals surface area contributed by atoms with Gasteiger partial charge in [0.05, 0.1) is 0 Å². The zero-order valence-corrected chi connectivity index (χ0v) is 24.6. The average Bonchev–Trinajstić information content (AvgIpc) is 3.34. The van der Waals surface area contributed by atoms with Crippen LogP contribution >= 0.6 is 17.0 Å². The molecule has 3 heteroatoms. The van der Waals surface area contributed by atoms with Gasteiger partial charge in [-0.15, -0.1) is 0 Å². The minimum atomic E-state index is -0.826. The van der Waals surface area contributed by atoms with E-state index in [0.29, 0.717) is 0 Å². The topological polar surface area (TPSA) is 0 Å². The van der Waals surface area contributed by atoms with Crippen molar-refractivity contribution < 1.29 is 20.8 Å². The zero-order chi connectivity index (χ0) is 24.7. The Hall–Kier alpha value is -0.617. The SMILES string of the molecule is CC1=CC=C[C]2[C](CC[C]3[C]4C=CC=C(C)[C]4[C]4[C]3C=CC=C4C)[C]3C=CC=C(C)[C]3[C]21.[Cl][Zr+2][Cl]. The van der Waals surface area contributed by atoms with Crippen molar-refractivity contribution in [1.29, 1.82) is 0 Å². The number of allylic oxidation sites excluding steroid dienone is 16. The van der Waals surface area contributed by atoms with Gasteiger partial charge in [0.1, 0.15) is 0 Å². The number of halogens is 2. The Morgan fingerprint density at radius 2 is 0.714 bits per heavy atom. The molecule has 0 atom stereocenters. The van der Waals surface area contributed by atoms with E-state index in [2.05, 4.69) is 101 Å². The van der Waals surface area contributed by atoms with Gasteiger partial charge in [0.15, 0.2) is 0 Å². The van der Waals surface area contributed by atoms with Crippen LogP contribution in [0.25, 0.3) is 0 Å². The molecule has 6 rings (SSSR count). The van der Waals surface area contributed by atoms with Crippen LogP contribution in [-0.4, -0.2) is 0 Å². The standard InChI is InChI=1S/C32H28.2ClH.Zr/c1-19-9-5-13-25-23(26-14-6-10-20(2)30(26)29(19)25)17-18-24-27-15-7-11-21(3)31(27)32-22(4)12-8-16-28(24)32;;;/h5-16H,17-18H2,1-4H3;2*1H;/q;;;+4/p-2. The van der Waals surface area contributed by atoms with Crippen molar-refractivity contribution in [3.05, 3.63) is 154 Å². The van der Waals surface area contributed by atoms with Gasteiger partial charge in [-0.2, -0.15) is 0 Å². The normalized spacial score (nSPS) is 26.3. The summed E-state index contributed by atoms with van der Waals surface area (Å²) in [6.07, 6.45) is 29.3. The second-order valence-electron chi connectivity index (χ2n) is 9.52. The third-order valence-corrected chi connectivity index (χ3v) is 7.52. The molecule has 0 aromatic carbocycles. The van der Waals surface area contributed by atoms with Crippen molar-refractivity contribution in [2.45, 2.75) is 40.5 Å². The van der Waals surface area contributed by atoms with E-state index in [-0.39, 0.29) is 0 Å². The first kappa shape index (κ1) is 26.0. The first-order chi connectivity index (χ1) is 17.0. The van der Waals surface area contributed by atoms with Crippen molar-refractivity contribution >= 4 is 17.0 Å². The molecule has 0 saturated heterocycles. The third-order valence-electron chi connectivity index (χ3n) is 7.52. The fourth-order valence-electron chi connectivity index (χ4n) is 6.08. The van der Waals surface area contributed by atoms with Crippen LogP contribution in [0.5, 0.6) is 0 Å². The van der Waals surface area contributed by atoms with Gasteiger partial charge in [-0.3, -0.25) is 0 Å². The van der Waals surface area contributed by atoms with Crippen LogP contribution in [0.4, 0.5) is 0 Å². The minimum absolute atomic E-state index is 0.826. The maximum absolute atomic E-state index is 4.93. The molecule has 35 heavy (non-hydrogen) atoms. The molecule has 6 aliphatic carbocycles. The van der Waals surface area contributed by atoms with Crippen molar-refractivity contribution in [3.8, 4) is 0 Å². The number of fused-ring (bicyclic) bond motifs is 6. The molecule has 0 bridgehead atoms. The van der Waals surface area contributed by atoms with Gasteiger partial charge >= 0.3 is 37.9 Å². The molecule has 0 spiro atoms. The summed E-state index contributed by atoms with van der Waals surface area (Å²) in [5, 5.41) is 0. The molecule has 0 aromatic rings. The molecule has 10 radical (unpaired) electrons. The summed E-state index contributed by atoms with van der Waals surface area (Å²) < 4.78 is 0. The summed E-state index contributed by atoms with van der Waals surface area (Å²) in [4.78, 5) is 0. The first-order valence-corrected chi connectivity index (χ1v) is 18.4. The second kappa shape index (κ2) is 11.0. The molecule has 0 aromatic heterocycles. The van der Waals surface area contributed by atoms with Crippen molar-refractivity contribution in [2.75, 3.05) is 0 Å². The number of hydrogen-bond donors (Lipinski definition) is 0. The number of hydrogen-bond acceptors (Lipinski definition) is 0. The molecular formula is C32H28Cl2Zr+2. The molecule has 0 unspecified atom stereocenters. The van der Waals surface area contributed by atoms with Gasteiger partial charge in [-0.05, 0) is 52.4 Å². The van der Waals surface area contributed by atoms with E-state index in [9.17, 15) is 0 Å². The quantitative estimate of drug-likeness (QED) is 0.316. The van der Waals surface area contributed by atoms with Gasteiger partial charge in [-0.1, -0.05) is 95.2 Å². The fraction of sp³-hybridized carbons (Fsp3) is 0.188. The average molecular weight is 575 g/mol. The van der Waals surface area contributed by atoms with Gasteiger partial charge in [-0.25, -0.2) is 0 Å². The first-order valence-electron chi connectivity index (χ1n) is 12.1. The molecule has 2 saturated carbocycles. The Balaban J connectivity index is 0.000000806. The molecule has 172 valence electrons. The molecule has 0 nitrogen and oxygen atoms in total. The van der Waals surface area contributed by atoms with Crippen LogP contribution in [0.2, 0.25) is 0 Å². The zero-order valence-electron chi connectivity index (χ0n) is 20.6. The molecule has 0 amide bonds. The van der Waals surface area contributed by atoms with Crippen molar-refractivity contribution in [1.82, 2.24) is 0 Å². The summed E-state index contributed by atoms with van der Waals surface area (Å²) in [6.45, 7) is 9.01. The molecule has 0 heterocycles. The Labute approximate surface area is 231 Å². The maximum atomic E-state index is 4.93. The fourth-order valence-corrected chi connectivity index (χ4v) is 6.08. The predicted octanol–water partition coefficient (Wildman–Crippen LogP) is 8.98. The van der Waals surface area contributed by atoms with Gasteiger partial charge < -0.3 is 0 Å². The summed E-state index contributed by atoms with van der Waals surface area (Å²) in [6, 6.07) is 0. The van der Waals surface area contributed by atoms with Crippen LogP contribution in [0.15, 0.2) is 95.2 Å². The molecular weight excluding hydrogens is 546 g/mol. The summed E-state index contributed by atoms with van der Waals surface area (Å²) in [5.41, 5.74) is 5.51. The van der Waals surface area contributed by atoms with Crippen LogP contribution in [0, 0.1) is 59.2 Å². The predicted molar refractivity (Wildman–Crippen MR) is 145 cm³/mol. The van der Waals surface area contributed by atoms with Crippen LogP contribution in [-0.2, 0) is 20.8 Å². The molecule has 0 N–H and O–H groups in total. The Bertz CT molecular complexity index is 903. The summed E-state index contributed by atoms with van der Waals surface area (Å²) >= 11 is -0.826. The number of rotatable bonds is 3. The van der Waals surface area contributed by atoms with E-state index in [1.54, 1.807) is 0 Å². The molecule has 6 aliphatic rings. The van der Waals surface area contributed by atoms with Crippen molar-refractivity contribution in [2.24, 2.45) is 0 Å². The van der Waals surface area contributed by atoms with E-state index in [1.165, 1.54) is 81.5 Å². The Morgan fingerprint density at radius 3 is 0.943 bits per heavy atom. The van der Waals surface area contributed by atoms with Crippen molar-refractivity contribution in [3.63, 3.8) is 0 Å². The molecule has 2 fully saturated rings. The Morgan fingerprint density at radius 1 is 0.486 bits per heavy atom. The van der Waals surface area contributed by atoms with Gasteiger partial charge in [0, 0.05) is 47.3 Å². The second-order valence-corrected chi connectivity index (χ2v) is 13.3. The van der Waals surface area contributed by atoms with Gasteiger partial charge in [0.2, 0.25) is 0 Å². The summed E-state index contributed by atoms with van der Waals surface area (Å²) in [7, 11) is 9.87. The monoisotopic (exact) mass is 572 g/mol. The van der Waals surface area contributed by atoms with Crippen LogP contribution in [0.1, 0.15) is 40.5 Å². The van der Waals surface area contributed by atoms with E-state index in [0.717, 1.165) is 12.8 Å².